The first-order valence-electron chi connectivity index (χ1n) is 3.34. The predicted octanol–water partition coefficient (Wildman–Crippen LogP) is 1.54. The Hall–Kier alpha value is -1.06. The third-order valence-corrected chi connectivity index (χ3v) is 2.47. The number of hydrogen-bond acceptors (Lipinski definition) is 2. The third kappa shape index (κ3) is 1.96. The Labute approximate surface area is 72.4 Å². The van der Waals surface area contributed by atoms with Gasteiger partial charge in [0.15, 0.2) is 0 Å². The minimum atomic E-state index is -3.31. The van der Waals surface area contributed by atoms with Crippen LogP contribution in [-0.4, -0.2) is 14.6 Å². The highest BCUT2D eigenvalue weighted by molar-refractivity contribution is 7.95. The summed E-state index contributed by atoms with van der Waals surface area (Å²) >= 11 is 0. The van der Waals surface area contributed by atoms with Crippen LogP contribution in [0.5, 0.6) is 0 Å². The molecular formula is C9H9O2S-. The van der Waals surface area contributed by atoms with Gasteiger partial charge in [0.1, 0.15) is 0 Å². The molecule has 0 saturated carbocycles. The van der Waals surface area contributed by atoms with Crippen LogP contribution in [0.4, 0.5) is 0 Å². The van der Waals surface area contributed by atoms with Crippen molar-refractivity contribution in [3.8, 4) is 0 Å². The fourth-order valence-corrected chi connectivity index (χ4v) is 1.36. The van der Waals surface area contributed by atoms with Gasteiger partial charge >= 0.3 is 0 Å². The summed E-state index contributed by atoms with van der Waals surface area (Å²) in [5, 5.41) is 0. The molecule has 1 aromatic rings. The molecular weight excluding hydrogens is 172 g/mol. The van der Waals surface area contributed by atoms with Gasteiger partial charge in [0, 0.05) is 4.90 Å². The van der Waals surface area contributed by atoms with Crippen molar-refractivity contribution in [2.45, 2.75) is 4.90 Å². The van der Waals surface area contributed by atoms with E-state index >= 15 is 0 Å². The van der Waals surface area contributed by atoms with Crippen LogP contribution in [0.1, 0.15) is 5.56 Å². The van der Waals surface area contributed by atoms with Crippen molar-refractivity contribution in [3.63, 3.8) is 0 Å². The lowest BCUT2D eigenvalue weighted by Gasteiger charge is -2.12. The molecule has 2 nitrogen and oxygen atoms in total. The molecule has 0 aliphatic heterocycles. The van der Waals surface area contributed by atoms with Gasteiger partial charge in [-0.25, -0.2) is 0 Å². The summed E-state index contributed by atoms with van der Waals surface area (Å²) in [6, 6.07) is 6.40. The Morgan fingerprint density at radius 1 is 1.33 bits per heavy atom. The second-order valence-corrected chi connectivity index (χ2v) is 4.09. The maximum Gasteiger partial charge on any atom is 0.0176 e. The Kier molecular flexibility index (Phi) is 2.35. The fourth-order valence-electron chi connectivity index (χ4n) is 0.811. The zero-order valence-corrected chi connectivity index (χ0v) is 7.34. The van der Waals surface area contributed by atoms with E-state index in [0.29, 0.717) is 0 Å². The SMILES string of the molecule is C=Cc1ccc(S(=C)(=O)[O-])cc1. The zero-order chi connectivity index (χ0) is 9.19. The number of hydrogen-bond donors (Lipinski definition) is 0. The van der Waals surface area contributed by atoms with Crippen molar-refractivity contribution in [1.29, 1.82) is 0 Å². The predicted molar refractivity (Wildman–Crippen MR) is 50.8 cm³/mol. The highest BCUT2D eigenvalue weighted by atomic mass is 32.2. The molecule has 0 saturated heterocycles. The average Bonchev–Trinajstić information content (AvgIpc) is 2.03. The van der Waals surface area contributed by atoms with Crippen molar-refractivity contribution >= 4 is 21.7 Å². The van der Waals surface area contributed by atoms with Gasteiger partial charge in [-0.05, 0) is 17.7 Å². The van der Waals surface area contributed by atoms with E-state index in [-0.39, 0.29) is 4.90 Å². The van der Waals surface area contributed by atoms with E-state index < -0.39 is 9.80 Å². The van der Waals surface area contributed by atoms with Crippen LogP contribution in [0, 0.1) is 0 Å². The van der Waals surface area contributed by atoms with Crippen LogP contribution < -0.4 is 0 Å². The summed E-state index contributed by atoms with van der Waals surface area (Å²) in [7, 11) is -3.31. The molecule has 0 amide bonds. The second kappa shape index (κ2) is 3.13. The molecule has 0 bridgehead atoms. The Morgan fingerprint density at radius 2 is 1.83 bits per heavy atom. The lowest BCUT2D eigenvalue weighted by Crippen LogP contribution is -1.97. The van der Waals surface area contributed by atoms with Gasteiger partial charge in [0.2, 0.25) is 0 Å². The van der Waals surface area contributed by atoms with Gasteiger partial charge in [0.25, 0.3) is 0 Å². The molecule has 1 atom stereocenters. The lowest BCUT2D eigenvalue weighted by molar-refractivity contribution is 0.533. The minimum absolute atomic E-state index is 0.230. The molecule has 0 N–H and O–H groups in total. The van der Waals surface area contributed by atoms with E-state index in [0.717, 1.165) is 5.56 Å². The van der Waals surface area contributed by atoms with Gasteiger partial charge in [-0.3, -0.25) is 4.21 Å². The van der Waals surface area contributed by atoms with Crippen molar-refractivity contribution < 1.29 is 8.76 Å². The fraction of sp³-hybridized carbons (Fsp3) is 0. The van der Waals surface area contributed by atoms with E-state index in [2.05, 4.69) is 12.4 Å². The zero-order valence-electron chi connectivity index (χ0n) is 6.53. The summed E-state index contributed by atoms with van der Waals surface area (Å²) in [5.74, 6) is 3.04. The first-order chi connectivity index (χ1) is 5.54. The molecule has 1 rings (SSSR count). The molecule has 0 fully saturated rings. The Balaban J connectivity index is 3.17. The third-order valence-electron chi connectivity index (χ3n) is 1.47. The highest BCUT2D eigenvalue weighted by Crippen LogP contribution is 2.10. The molecule has 0 aliphatic carbocycles. The maximum atomic E-state index is 10.9. The molecule has 0 radical (unpaired) electrons. The van der Waals surface area contributed by atoms with Crippen molar-refractivity contribution in [2.24, 2.45) is 0 Å². The molecule has 3 heteroatoms. The average molecular weight is 181 g/mol. The number of benzene rings is 1. The molecule has 64 valence electrons. The van der Waals surface area contributed by atoms with Gasteiger partial charge in [0.05, 0.1) is 0 Å². The van der Waals surface area contributed by atoms with Crippen LogP contribution in [0.3, 0.4) is 0 Å². The van der Waals surface area contributed by atoms with Gasteiger partial charge in [-0.15, -0.1) is 0 Å². The lowest BCUT2D eigenvalue weighted by atomic mass is 10.2. The van der Waals surface area contributed by atoms with Crippen LogP contribution in [0.15, 0.2) is 35.7 Å². The van der Waals surface area contributed by atoms with Crippen LogP contribution >= 0.6 is 0 Å². The first-order valence-corrected chi connectivity index (χ1v) is 5.00. The largest absolute Gasteiger partial charge is 0.774 e. The summed E-state index contributed by atoms with van der Waals surface area (Å²) in [4.78, 5) is 0.230. The Bertz CT molecular complexity index is 373. The Morgan fingerprint density at radius 3 is 2.17 bits per heavy atom. The van der Waals surface area contributed by atoms with E-state index in [1.165, 1.54) is 12.1 Å². The van der Waals surface area contributed by atoms with E-state index in [1.807, 2.05) is 0 Å². The van der Waals surface area contributed by atoms with Crippen LogP contribution in [-0.2, 0) is 9.80 Å². The van der Waals surface area contributed by atoms with Gasteiger partial charge in [-0.1, -0.05) is 40.5 Å². The standard InChI is InChI=1S/C9H10O2S/c1-3-8-4-6-9(7-5-8)12(2,10)11/h3-7H,1-2H2,(H,10,11)/p-1. The first kappa shape index (κ1) is 9.03. The summed E-state index contributed by atoms with van der Waals surface area (Å²) in [6.07, 6.45) is 1.65. The van der Waals surface area contributed by atoms with Gasteiger partial charge in [-0.2, -0.15) is 0 Å². The second-order valence-electron chi connectivity index (χ2n) is 2.39. The van der Waals surface area contributed by atoms with Crippen LogP contribution in [0.25, 0.3) is 6.08 Å². The topological polar surface area (TPSA) is 40.1 Å². The molecule has 1 unspecified atom stereocenters. The van der Waals surface area contributed by atoms with Crippen molar-refractivity contribution in [2.75, 3.05) is 0 Å². The van der Waals surface area contributed by atoms with E-state index in [9.17, 15) is 8.76 Å². The molecule has 1 aromatic carbocycles. The van der Waals surface area contributed by atoms with Crippen LogP contribution in [0.2, 0.25) is 0 Å². The normalized spacial score (nSPS) is 15.1. The summed E-state index contributed by atoms with van der Waals surface area (Å²) < 4.78 is 21.8. The van der Waals surface area contributed by atoms with Crippen molar-refractivity contribution in [1.82, 2.24) is 0 Å². The van der Waals surface area contributed by atoms with E-state index in [4.69, 9.17) is 0 Å². The highest BCUT2D eigenvalue weighted by Gasteiger charge is 1.93. The maximum absolute atomic E-state index is 10.9. The van der Waals surface area contributed by atoms with Gasteiger partial charge < -0.3 is 4.55 Å². The van der Waals surface area contributed by atoms with Crippen molar-refractivity contribution in [3.05, 3.63) is 36.4 Å². The monoisotopic (exact) mass is 181 g/mol. The molecule has 0 aliphatic rings. The molecule has 0 aromatic heterocycles. The smallest absolute Gasteiger partial charge is 0.0176 e. The quantitative estimate of drug-likeness (QED) is 0.649. The number of rotatable bonds is 2. The molecule has 0 spiro atoms. The molecule has 12 heavy (non-hydrogen) atoms. The summed E-state index contributed by atoms with van der Waals surface area (Å²) in [6.45, 7) is 3.56. The summed E-state index contributed by atoms with van der Waals surface area (Å²) in [5.41, 5.74) is 0.891. The van der Waals surface area contributed by atoms with E-state index in [1.54, 1.807) is 18.2 Å². The minimum Gasteiger partial charge on any atom is -0.774 e. The molecule has 0 heterocycles.